The summed E-state index contributed by atoms with van der Waals surface area (Å²) < 4.78 is 26.4. The van der Waals surface area contributed by atoms with Gasteiger partial charge in [-0.05, 0) is 37.3 Å². The van der Waals surface area contributed by atoms with Gasteiger partial charge in [-0.25, -0.2) is 18.1 Å². The maximum absolute atomic E-state index is 11.9. The van der Waals surface area contributed by atoms with E-state index in [-0.39, 0.29) is 22.1 Å². The van der Waals surface area contributed by atoms with E-state index < -0.39 is 10.0 Å². The third-order valence-corrected chi connectivity index (χ3v) is 4.72. The SMILES string of the molecule is O=S(=O)(NCC1CCC(O)C1)c1ccc(Cl)nc1. The lowest BCUT2D eigenvalue weighted by Crippen LogP contribution is -2.28. The number of hydrogen-bond donors (Lipinski definition) is 2. The quantitative estimate of drug-likeness (QED) is 0.816. The number of rotatable bonds is 4. The van der Waals surface area contributed by atoms with Crippen molar-refractivity contribution in [2.75, 3.05) is 6.54 Å². The number of nitrogens with one attached hydrogen (secondary N) is 1. The standard InChI is InChI=1S/C11H15ClN2O3S/c12-11-4-3-10(7-13-11)18(16,17)14-6-8-1-2-9(15)5-8/h3-4,7-9,14-15H,1-2,5-6H2. The Morgan fingerprint density at radius 1 is 1.44 bits per heavy atom. The highest BCUT2D eigenvalue weighted by atomic mass is 35.5. The average molecular weight is 291 g/mol. The molecule has 0 aromatic carbocycles. The van der Waals surface area contributed by atoms with Crippen LogP contribution in [0.3, 0.4) is 0 Å². The third kappa shape index (κ3) is 3.41. The lowest BCUT2D eigenvalue weighted by Gasteiger charge is -2.11. The van der Waals surface area contributed by atoms with Gasteiger partial charge >= 0.3 is 0 Å². The number of sulfonamides is 1. The molecule has 1 aliphatic carbocycles. The largest absolute Gasteiger partial charge is 0.393 e. The number of aliphatic hydroxyl groups excluding tert-OH is 1. The van der Waals surface area contributed by atoms with Crippen molar-refractivity contribution < 1.29 is 13.5 Å². The Balaban J connectivity index is 1.97. The van der Waals surface area contributed by atoms with Crippen molar-refractivity contribution in [2.45, 2.75) is 30.3 Å². The molecule has 2 rings (SSSR count). The van der Waals surface area contributed by atoms with Crippen LogP contribution in [0.2, 0.25) is 5.15 Å². The Morgan fingerprint density at radius 2 is 2.22 bits per heavy atom. The molecule has 1 aromatic rings. The van der Waals surface area contributed by atoms with Crippen molar-refractivity contribution in [3.05, 3.63) is 23.5 Å². The molecule has 0 bridgehead atoms. The molecule has 1 heterocycles. The minimum atomic E-state index is -3.53. The molecule has 2 unspecified atom stereocenters. The van der Waals surface area contributed by atoms with E-state index in [1.54, 1.807) is 0 Å². The molecule has 1 saturated carbocycles. The molecule has 0 saturated heterocycles. The van der Waals surface area contributed by atoms with Gasteiger partial charge in [0.1, 0.15) is 10.0 Å². The van der Waals surface area contributed by atoms with Gasteiger partial charge < -0.3 is 5.11 Å². The first kappa shape index (κ1) is 13.7. The van der Waals surface area contributed by atoms with Crippen LogP contribution in [0.4, 0.5) is 0 Å². The number of pyridine rings is 1. The zero-order chi connectivity index (χ0) is 13.2. The molecule has 0 amide bonds. The van der Waals surface area contributed by atoms with Crippen molar-refractivity contribution in [1.29, 1.82) is 0 Å². The van der Waals surface area contributed by atoms with Gasteiger partial charge in [0.2, 0.25) is 10.0 Å². The predicted octanol–water partition coefficient (Wildman–Crippen LogP) is 1.17. The zero-order valence-corrected chi connectivity index (χ0v) is 11.3. The van der Waals surface area contributed by atoms with Gasteiger partial charge in [-0.3, -0.25) is 0 Å². The van der Waals surface area contributed by atoms with Crippen molar-refractivity contribution in [2.24, 2.45) is 5.92 Å². The van der Waals surface area contributed by atoms with E-state index >= 15 is 0 Å². The second kappa shape index (κ2) is 5.52. The first-order chi connectivity index (χ1) is 8.47. The van der Waals surface area contributed by atoms with E-state index in [9.17, 15) is 13.5 Å². The third-order valence-electron chi connectivity index (χ3n) is 3.09. The molecular formula is C11H15ClN2O3S. The molecule has 0 radical (unpaired) electrons. The molecule has 0 aliphatic heterocycles. The topological polar surface area (TPSA) is 79.3 Å². The number of hydrogen-bond acceptors (Lipinski definition) is 4. The summed E-state index contributed by atoms with van der Waals surface area (Å²) in [5.41, 5.74) is 0. The zero-order valence-electron chi connectivity index (χ0n) is 9.71. The maximum Gasteiger partial charge on any atom is 0.242 e. The summed E-state index contributed by atoms with van der Waals surface area (Å²) in [6, 6.07) is 2.86. The van der Waals surface area contributed by atoms with Gasteiger partial charge in [0, 0.05) is 12.7 Å². The number of aromatic nitrogens is 1. The van der Waals surface area contributed by atoms with Crippen LogP contribution < -0.4 is 4.72 Å². The van der Waals surface area contributed by atoms with Crippen LogP contribution in [0, 0.1) is 5.92 Å². The van der Waals surface area contributed by atoms with Crippen molar-refractivity contribution in [1.82, 2.24) is 9.71 Å². The average Bonchev–Trinajstić information content (AvgIpc) is 2.73. The highest BCUT2D eigenvalue weighted by Crippen LogP contribution is 2.25. The summed E-state index contributed by atoms with van der Waals surface area (Å²) >= 11 is 5.60. The fraction of sp³-hybridized carbons (Fsp3) is 0.545. The number of halogens is 1. The second-order valence-electron chi connectivity index (χ2n) is 4.50. The van der Waals surface area contributed by atoms with E-state index in [2.05, 4.69) is 9.71 Å². The monoisotopic (exact) mass is 290 g/mol. The fourth-order valence-corrected chi connectivity index (χ4v) is 3.24. The summed E-state index contributed by atoms with van der Waals surface area (Å²) in [5, 5.41) is 9.63. The van der Waals surface area contributed by atoms with Gasteiger partial charge in [0.25, 0.3) is 0 Å². The Labute approximate surface area is 111 Å². The molecule has 100 valence electrons. The normalized spacial score (nSPS) is 24.3. The first-order valence-electron chi connectivity index (χ1n) is 5.76. The maximum atomic E-state index is 11.9. The van der Waals surface area contributed by atoms with Crippen molar-refractivity contribution in [3.63, 3.8) is 0 Å². The van der Waals surface area contributed by atoms with E-state index in [1.807, 2.05) is 0 Å². The molecule has 2 N–H and O–H groups in total. The van der Waals surface area contributed by atoms with E-state index in [0.29, 0.717) is 13.0 Å². The Bertz CT molecular complexity index is 504. The number of aliphatic hydroxyl groups is 1. The summed E-state index contributed by atoms with van der Waals surface area (Å²) in [6.45, 7) is 0.349. The van der Waals surface area contributed by atoms with Crippen molar-refractivity contribution >= 4 is 21.6 Å². The van der Waals surface area contributed by atoms with Gasteiger partial charge in [0.15, 0.2) is 0 Å². The van der Waals surface area contributed by atoms with Crippen LogP contribution in [0.15, 0.2) is 23.2 Å². The summed E-state index contributed by atoms with van der Waals surface area (Å²) in [6.07, 6.45) is 3.18. The van der Waals surface area contributed by atoms with Crippen LogP contribution in [0.1, 0.15) is 19.3 Å². The summed E-state index contributed by atoms with van der Waals surface area (Å²) in [5.74, 6) is 0.204. The summed E-state index contributed by atoms with van der Waals surface area (Å²) in [4.78, 5) is 3.85. The molecule has 5 nitrogen and oxygen atoms in total. The molecule has 2 atom stereocenters. The Morgan fingerprint density at radius 3 is 2.78 bits per heavy atom. The van der Waals surface area contributed by atoms with Gasteiger partial charge in [0.05, 0.1) is 6.10 Å². The second-order valence-corrected chi connectivity index (χ2v) is 6.66. The van der Waals surface area contributed by atoms with Crippen LogP contribution >= 0.6 is 11.6 Å². The first-order valence-corrected chi connectivity index (χ1v) is 7.63. The van der Waals surface area contributed by atoms with Crippen LogP contribution in [0.25, 0.3) is 0 Å². The van der Waals surface area contributed by atoms with Gasteiger partial charge in [-0.2, -0.15) is 0 Å². The molecule has 1 aliphatic rings. The summed E-state index contributed by atoms with van der Waals surface area (Å²) in [7, 11) is -3.53. The van der Waals surface area contributed by atoms with Gasteiger partial charge in [-0.1, -0.05) is 11.6 Å². The molecule has 18 heavy (non-hydrogen) atoms. The Kier molecular flexibility index (Phi) is 4.21. The highest BCUT2D eigenvalue weighted by Gasteiger charge is 2.24. The lowest BCUT2D eigenvalue weighted by atomic mass is 10.1. The van der Waals surface area contributed by atoms with Crippen LogP contribution in [0.5, 0.6) is 0 Å². The van der Waals surface area contributed by atoms with Gasteiger partial charge in [-0.15, -0.1) is 0 Å². The van der Waals surface area contributed by atoms with Crippen LogP contribution in [-0.4, -0.2) is 31.2 Å². The van der Waals surface area contributed by atoms with E-state index in [0.717, 1.165) is 12.8 Å². The highest BCUT2D eigenvalue weighted by molar-refractivity contribution is 7.89. The molecule has 1 aromatic heterocycles. The molecular weight excluding hydrogens is 276 g/mol. The Hall–Kier alpha value is -0.690. The van der Waals surface area contributed by atoms with Crippen LogP contribution in [-0.2, 0) is 10.0 Å². The van der Waals surface area contributed by atoms with E-state index in [4.69, 9.17) is 11.6 Å². The molecule has 0 spiro atoms. The molecule has 1 fully saturated rings. The predicted molar refractivity (Wildman–Crippen MR) is 67.8 cm³/mol. The van der Waals surface area contributed by atoms with E-state index in [1.165, 1.54) is 18.3 Å². The fourth-order valence-electron chi connectivity index (χ4n) is 2.07. The minimum absolute atomic E-state index is 0.102. The van der Waals surface area contributed by atoms with Crippen molar-refractivity contribution in [3.8, 4) is 0 Å². The minimum Gasteiger partial charge on any atom is -0.393 e. The smallest absolute Gasteiger partial charge is 0.242 e. The number of nitrogens with zero attached hydrogens (tertiary/aromatic N) is 1. The lowest BCUT2D eigenvalue weighted by molar-refractivity contribution is 0.178. The molecule has 7 heteroatoms.